The summed E-state index contributed by atoms with van der Waals surface area (Å²) in [6.45, 7) is 2.33. The molecule has 0 unspecified atom stereocenters. The number of benzene rings is 1. The van der Waals surface area contributed by atoms with E-state index in [0.717, 1.165) is 24.3 Å². The number of aromatic nitrogens is 2. The fourth-order valence-electron chi connectivity index (χ4n) is 4.03. The third-order valence-electron chi connectivity index (χ3n) is 5.54. The first kappa shape index (κ1) is 18.5. The number of nitrogens with zero attached hydrogens (tertiary/aromatic N) is 2. The smallest absolute Gasteiger partial charge is 0.222 e. The molecule has 1 saturated carbocycles. The largest absolute Gasteiger partial charge is 0.486 e. The summed E-state index contributed by atoms with van der Waals surface area (Å²) < 4.78 is 11.4. The average Bonchev–Trinajstić information content (AvgIpc) is 3.23. The summed E-state index contributed by atoms with van der Waals surface area (Å²) in [5.74, 6) is 2.20. The Morgan fingerprint density at radius 3 is 2.61 bits per heavy atom. The number of anilines is 1. The van der Waals surface area contributed by atoms with Gasteiger partial charge in [-0.3, -0.25) is 4.79 Å². The molecule has 1 aromatic heterocycles. The SMILES string of the molecule is O=C(CCNc1ncccn1)NCC1(c2ccc3c(c2)OCCO3)CCCC1. The molecule has 2 aliphatic rings. The molecular formula is C21H26N4O3. The molecule has 7 nitrogen and oxygen atoms in total. The second kappa shape index (κ2) is 8.46. The molecule has 148 valence electrons. The van der Waals surface area contributed by atoms with Gasteiger partial charge in [-0.2, -0.15) is 0 Å². The summed E-state index contributed by atoms with van der Waals surface area (Å²) in [6, 6.07) is 7.98. The standard InChI is InChI=1S/C21H26N4O3/c26-19(6-11-24-20-22-9-3-10-23-20)25-15-21(7-1-2-8-21)16-4-5-17-18(14-16)28-13-12-27-17/h3-5,9-10,14H,1-2,6-8,11-13,15H2,(H,25,26)(H,22,23,24). The van der Waals surface area contributed by atoms with Crippen molar-refractivity contribution in [2.75, 3.05) is 31.6 Å². The van der Waals surface area contributed by atoms with Gasteiger partial charge in [-0.25, -0.2) is 9.97 Å². The first-order valence-corrected chi connectivity index (χ1v) is 9.93. The lowest BCUT2D eigenvalue weighted by Gasteiger charge is -2.31. The van der Waals surface area contributed by atoms with E-state index in [2.05, 4.69) is 32.7 Å². The normalized spacial score (nSPS) is 17.1. The summed E-state index contributed by atoms with van der Waals surface area (Å²) in [5.41, 5.74) is 1.20. The number of fused-ring (bicyclic) bond motifs is 1. The number of hydrogen-bond acceptors (Lipinski definition) is 6. The topological polar surface area (TPSA) is 85.4 Å². The molecule has 2 aromatic rings. The zero-order valence-corrected chi connectivity index (χ0v) is 15.9. The van der Waals surface area contributed by atoms with Crippen LogP contribution in [0.1, 0.15) is 37.7 Å². The van der Waals surface area contributed by atoms with E-state index in [1.165, 1.54) is 18.4 Å². The Labute approximate surface area is 164 Å². The van der Waals surface area contributed by atoms with E-state index in [1.54, 1.807) is 18.5 Å². The number of rotatable bonds is 7. The Bertz CT molecular complexity index is 807. The number of hydrogen-bond donors (Lipinski definition) is 2. The van der Waals surface area contributed by atoms with Crippen molar-refractivity contribution in [3.63, 3.8) is 0 Å². The number of nitrogens with one attached hydrogen (secondary N) is 2. The lowest BCUT2D eigenvalue weighted by Crippen LogP contribution is -2.39. The zero-order valence-electron chi connectivity index (χ0n) is 15.9. The Hall–Kier alpha value is -2.83. The van der Waals surface area contributed by atoms with Gasteiger partial charge in [0.05, 0.1) is 0 Å². The number of ether oxygens (including phenoxy) is 2. The molecule has 0 spiro atoms. The Balaban J connectivity index is 1.35. The highest BCUT2D eigenvalue weighted by molar-refractivity contribution is 5.76. The number of amides is 1. The van der Waals surface area contributed by atoms with Crippen LogP contribution in [-0.4, -0.2) is 42.2 Å². The van der Waals surface area contributed by atoms with Crippen LogP contribution in [0.15, 0.2) is 36.7 Å². The predicted molar refractivity (Wildman–Crippen MR) is 106 cm³/mol. The van der Waals surface area contributed by atoms with Crippen LogP contribution in [0.5, 0.6) is 11.5 Å². The van der Waals surface area contributed by atoms with E-state index < -0.39 is 0 Å². The monoisotopic (exact) mass is 382 g/mol. The van der Waals surface area contributed by atoms with Crippen molar-refractivity contribution in [3.05, 3.63) is 42.2 Å². The van der Waals surface area contributed by atoms with Crippen LogP contribution in [-0.2, 0) is 10.2 Å². The van der Waals surface area contributed by atoms with Gasteiger partial charge in [0.15, 0.2) is 11.5 Å². The first-order valence-electron chi connectivity index (χ1n) is 9.93. The highest BCUT2D eigenvalue weighted by Crippen LogP contribution is 2.43. The van der Waals surface area contributed by atoms with Crippen LogP contribution in [0.25, 0.3) is 0 Å². The number of carbonyl (C=O) groups excluding carboxylic acids is 1. The summed E-state index contributed by atoms with van der Waals surface area (Å²) in [7, 11) is 0. The van der Waals surface area contributed by atoms with E-state index in [4.69, 9.17) is 9.47 Å². The van der Waals surface area contributed by atoms with Crippen molar-refractivity contribution in [3.8, 4) is 11.5 Å². The Morgan fingerprint density at radius 2 is 1.82 bits per heavy atom. The van der Waals surface area contributed by atoms with E-state index in [9.17, 15) is 4.79 Å². The minimum Gasteiger partial charge on any atom is -0.486 e. The van der Waals surface area contributed by atoms with Gasteiger partial charge in [-0.1, -0.05) is 18.9 Å². The molecule has 2 N–H and O–H groups in total. The Morgan fingerprint density at radius 1 is 1.07 bits per heavy atom. The van der Waals surface area contributed by atoms with Gasteiger partial charge in [0.25, 0.3) is 0 Å². The molecule has 0 saturated heterocycles. The quantitative estimate of drug-likeness (QED) is 0.766. The molecule has 1 aromatic carbocycles. The zero-order chi connectivity index (χ0) is 19.2. The number of carbonyl (C=O) groups is 1. The summed E-state index contributed by atoms with van der Waals surface area (Å²) in [5, 5.41) is 6.20. The molecule has 7 heteroatoms. The first-order chi connectivity index (χ1) is 13.8. The van der Waals surface area contributed by atoms with Gasteiger partial charge in [0.2, 0.25) is 11.9 Å². The van der Waals surface area contributed by atoms with Gasteiger partial charge in [0, 0.05) is 37.3 Å². The van der Waals surface area contributed by atoms with Crippen LogP contribution in [0, 0.1) is 0 Å². The van der Waals surface area contributed by atoms with Crippen molar-refractivity contribution < 1.29 is 14.3 Å². The van der Waals surface area contributed by atoms with Gasteiger partial charge in [0.1, 0.15) is 13.2 Å². The average molecular weight is 382 g/mol. The molecule has 4 rings (SSSR count). The van der Waals surface area contributed by atoms with Crippen LogP contribution in [0.4, 0.5) is 5.95 Å². The molecule has 1 aliphatic heterocycles. The van der Waals surface area contributed by atoms with E-state index in [1.807, 2.05) is 6.07 Å². The molecule has 1 amide bonds. The highest BCUT2D eigenvalue weighted by atomic mass is 16.6. The van der Waals surface area contributed by atoms with Crippen LogP contribution < -0.4 is 20.1 Å². The second-order valence-corrected chi connectivity index (χ2v) is 7.37. The van der Waals surface area contributed by atoms with Gasteiger partial charge in [-0.15, -0.1) is 0 Å². The fourth-order valence-corrected chi connectivity index (χ4v) is 4.03. The van der Waals surface area contributed by atoms with Crippen molar-refractivity contribution in [1.82, 2.24) is 15.3 Å². The lowest BCUT2D eigenvalue weighted by molar-refractivity contribution is -0.121. The predicted octanol–water partition coefficient (Wildman–Crippen LogP) is 2.68. The third kappa shape index (κ3) is 4.18. The fraction of sp³-hybridized carbons (Fsp3) is 0.476. The third-order valence-corrected chi connectivity index (χ3v) is 5.54. The molecule has 0 radical (unpaired) electrons. The molecule has 28 heavy (non-hydrogen) atoms. The van der Waals surface area contributed by atoms with Crippen molar-refractivity contribution in [1.29, 1.82) is 0 Å². The van der Waals surface area contributed by atoms with Crippen LogP contribution in [0.2, 0.25) is 0 Å². The van der Waals surface area contributed by atoms with Crippen LogP contribution in [0.3, 0.4) is 0 Å². The molecule has 1 aliphatic carbocycles. The summed E-state index contributed by atoms with van der Waals surface area (Å²) >= 11 is 0. The van der Waals surface area contributed by atoms with Crippen molar-refractivity contribution >= 4 is 11.9 Å². The van der Waals surface area contributed by atoms with Gasteiger partial charge < -0.3 is 20.1 Å². The molecule has 2 heterocycles. The lowest BCUT2D eigenvalue weighted by atomic mass is 9.78. The maximum atomic E-state index is 12.4. The summed E-state index contributed by atoms with van der Waals surface area (Å²) in [4.78, 5) is 20.5. The molecule has 0 atom stereocenters. The minimum absolute atomic E-state index is 0.0263. The second-order valence-electron chi connectivity index (χ2n) is 7.37. The molecule has 1 fully saturated rings. The van der Waals surface area contributed by atoms with E-state index in [0.29, 0.717) is 38.7 Å². The van der Waals surface area contributed by atoms with E-state index >= 15 is 0 Å². The van der Waals surface area contributed by atoms with Crippen molar-refractivity contribution in [2.24, 2.45) is 0 Å². The molecular weight excluding hydrogens is 356 g/mol. The highest BCUT2D eigenvalue weighted by Gasteiger charge is 2.36. The molecule has 0 bridgehead atoms. The van der Waals surface area contributed by atoms with E-state index in [-0.39, 0.29) is 11.3 Å². The Kier molecular flexibility index (Phi) is 5.60. The van der Waals surface area contributed by atoms with Crippen molar-refractivity contribution in [2.45, 2.75) is 37.5 Å². The maximum absolute atomic E-state index is 12.4. The summed E-state index contributed by atoms with van der Waals surface area (Å²) in [6.07, 6.45) is 8.23. The maximum Gasteiger partial charge on any atom is 0.222 e. The van der Waals surface area contributed by atoms with Crippen LogP contribution >= 0.6 is 0 Å². The van der Waals surface area contributed by atoms with Gasteiger partial charge in [-0.05, 0) is 36.6 Å². The minimum atomic E-state index is -0.0263. The van der Waals surface area contributed by atoms with Gasteiger partial charge >= 0.3 is 0 Å².